The highest BCUT2D eigenvalue weighted by molar-refractivity contribution is 4.92. The maximum atomic E-state index is 10.5. The molecule has 30 heavy (non-hydrogen) atoms. The number of aliphatic hydroxyl groups excluding tert-OH is 5. The molecule has 0 bridgehead atoms. The second-order valence-electron chi connectivity index (χ2n) is 7.98. The van der Waals surface area contributed by atoms with Gasteiger partial charge in [0, 0.05) is 13.0 Å². The van der Waals surface area contributed by atoms with Crippen LogP contribution in [0.15, 0.2) is 0 Å². The quantitative estimate of drug-likeness (QED) is 0.280. The minimum absolute atomic E-state index is 0.0511. The van der Waals surface area contributed by atoms with Crippen LogP contribution >= 0.6 is 0 Å². The van der Waals surface area contributed by atoms with Gasteiger partial charge in [0.05, 0.1) is 25.4 Å². The van der Waals surface area contributed by atoms with Crippen LogP contribution in [-0.4, -0.2) is 107 Å². The zero-order valence-corrected chi connectivity index (χ0v) is 18.0. The fraction of sp³-hybridized carbons (Fsp3) is 1.00. The first-order chi connectivity index (χ1) is 14.4. The van der Waals surface area contributed by atoms with Gasteiger partial charge in [-0.05, 0) is 19.8 Å². The Kier molecular flexibility index (Phi) is 10.9. The Morgan fingerprint density at radius 3 is 2.20 bits per heavy atom. The van der Waals surface area contributed by atoms with Crippen molar-refractivity contribution < 1.29 is 49.2 Å². The first-order valence-corrected chi connectivity index (χ1v) is 10.8. The van der Waals surface area contributed by atoms with Gasteiger partial charge in [0.15, 0.2) is 12.6 Å². The van der Waals surface area contributed by atoms with Crippen LogP contribution in [0.3, 0.4) is 0 Å². The Labute approximate surface area is 177 Å². The SMILES string of the molecule is CCCOC1OC(CO)C(OC2OC(CO)C(O[C@@H](C)CCC)C[C@@H]2O)C(O)C1O. The molecule has 0 saturated carbocycles. The number of ether oxygens (including phenoxy) is 5. The van der Waals surface area contributed by atoms with Gasteiger partial charge in [-0.2, -0.15) is 0 Å². The van der Waals surface area contributed by atoms with Gasteiger partial charge in [-0.15, -0.1) is 0 Å². The molecule has 2 rings (SSSR count). The highest BCUT2D eigenvalue weighted by atomic mass is 16.7. The van der Waals surface area contributed by atoms with Crippen LogP contribution in [0.4, 0.5) is 0 Å². The van der Waals surface area contributed by atoms with Crippen LogP contribution < -0.4 is 0 Å². The standard InChI is InChI=1S/C20H38O10/c1-4-6-11(3)27-13-8-12(23)19(28-14(13)9-21)30-18-15(10-22)29-20(26-7-5-2)17(25)16(18)24/h11-25H,4-10H2,1-3H3/t11-,12-,13?,14?,15?,16?,17?,18?,19?,20?/m0/s1. The molecule has 0 radical (unpaired) electrons. The molecule has 0 aromatic heterocycles. The van der Waals surface area contributed by atoms with Gasteiger partial charge in [-0.1, -0.05) is 20.3 Å². The average Bonchev–Trinajstić information content (AvgIpc) is 2.72. The van der Waals surface area contributed by atoms with Gasteiger partial charge in [0.1, 0.15) is 36.6 Å². The van der Waals surface area contributed by atoms with Gasteiger partial charge in [-0.25, -0.2) is 0 Å². The molecule has 10 heteroatoms. The Hall–Kier alpha value is -0.400. The summed E-state index contributed by atoms with van der Waals surface area (Å²) in [5, 5.41) is 50.7. The molecule has 8 unspecified atom stereocenters. The van der Waals surface area contributed by atoms with E-state index < -0.39 is 61.9 Å². The minimum Gasteiger partial charge on any atom is -0.394 e. The second kappa shape index (κ2) is 12.6. The Bertz CT molecular complexity index is 479. The Morgan fingerprint density at radius 2 is 1.60 bits per heavy atom. The molecule has 0 aromatic rings. The molecule has 0 spiro atoms. The highest BCUT2D eigenvalue weighted by Crippen LogP contribution is 2.30. The molecule has 0 amide bonds. The number of hydrogen-bond acceptors (Lipinski definition) is 10. The average molecular weight is 439 g/mol. The van der Waals surface area contributed by atoms with Crippen LogP contribution in [0.2, 0.25) is 0 Å². The fourth-order valence-corrected chi connectivity index (χ4v) is 3.80. The first-order valence-electron chi connectivity index (χ1n) is 10.8. The number of rotatable bonds is 11. The summed E-state index contributed by atoms with van der Waals surface area (Å²) in [6, 6.07) is 0. The van der Waals surface area contributed by atoms with Crippen molar-refractivity contribution in [3.05, 3.63) is 0 Å². The van der Waals surface area contributed by atoms with Gasteiger partial charge in [0.25, 0.3) is 0 Å². The third-order valence-corrected chi connectivity index (χ3v) is 5.39. The molecule has 0 aromatic carbocycles. The highest BCUT2D eigenvalue weighted by Gasteiger charge is 2.49. The summed E-state index contributed by atoms with van der Waals surface area (Å²) >= 11 is 0. The third-order valence-electron chi connectivity index (χ3n) is 5.39. The summed E-state index contributed by atoms with van der Waals surface area (Å²) in [6.45, 7) is 5.35. The van der Waals surface area contributed by atoms with Gasteiger partial charge < -0.3 is 49.2 Å². The summed E-state index contributed by atoms with van der Waals surface area (Å²) in [5.41, 5.74) is 0. The van der Waals surface area contributed by atoms with E-state index >= 15 is 0 Å². The van der Waals surface area contributed by atoms with E-state index in [1.165, 1.54) is 0 Å². The van der Waals surface area contributed by atoms with E-state index in [1.807, 2.05) is 20.8 Å². The normalized spacial score (nSPS) is 41.0. The van der Waals surface area contributed by atoms with Crippen molar-refractivity contribution in [2.45, 2.75) is 108 Å². The molecule has 2 fully saturated rings. The lowest BCUT2D eigenvalue weighted by Crippen LogP contribution is -2.62. The molecular formula is C20H38O10. The molecule has 2 heterocycles. The molecule has 5 N–H and O–H groups in total. The smallest absolute Gasteiger partial charge is 0.186 e. The minimum atomic E-state index is -1.43. The van der Waals surface area contributed by atoms with E-state index in [0.717, 1.165) is 12.8 Å². The lowest BCUT2D eigenvalue weighted by Gasteiger charge is -2.45. The van der Waals surface area contributed by atoms with Gasteiger partial charge >= 0.3 is 0 Å². The van der Waals surface area contributed by atoms with Crippen molar-refractivity contribution >= 4 is 0 Å². The van der Waals surface area contributed by atoms with Crippen molar-refractivity contribution in [3.63, 3.8) is 0 Å². The first kappa shape index (κ1) is 25.9. The van der Waals surface area contributed by atoms with Crippen molar-refractivity contribution in [3.8, 4) is 0 Å². The molecule has 0 aliphatic carbocycles. The van der Waals surface area contributed by atoms with Gasteiger partial charge in [-0.3, -0.25) is 0 Å². The molecule has 178 valence electrons. The lowest BCUT2D eigenvalue weighted by molar-refractivity contribution is -0.351. The number of hydrogen-bond donors (Lipinski definition) is 5. The lowest BCUT2D eigenvalue weighted by atomic mass is 9.98. The molecule has 2 aliphatic heterocycles. The van der Waals surface area contributed by atoms with Crippen LogP contribution in [0.5, 0.6) is 0 Å². The van der Waals surface area contributed by atoms with Crippen molar-refractivity contribution in [1.29, 1.82) is 0 Å². The monoisotopic (exact) mass is 438 g/mol. The van der Waals surface area contributed by atoms with Gasteiger partial charge in [0.2, 0.25) is 0 Å². The molecular weight excluding hydrogens is 400 g/mol. The predicted octanol–water partition coefficient (Wildman–Crippen LogP) is -0.721. The summed E-state index contributed by atoms with van der Waals surface area (Å²) in [7, 11) is 0. The van der Waals surface area contributed by atoms with Crippen LogP contribution in [0.1, 0.15) is 46.5 Å². The van der Waals surface area contributed by atoms with E-state index in [-0.39, 0.29) is 19.1 Å². The Balaban J connectivity index is 2.02. The zero-order valence-electron chi connectivity index (χ0n) is 18.0. The largest absolute Gasteiger partial charge is 0.394 e. The van der Waals surface area contributed by atoms with E-state index in [9.17, 15) is 25.5 Å². The van der Waals surface area contributed by atoms with E-state index in [1.54, 1.807) is 0 Å². The van der Waals surface area contributed by atoms with E-state index in [4.69, 9.17) is 23.7 Å². The zero-order chi connectivity index (χ0) is 22.3. The van der Waals surface area contributed by atoms with Crippen molar-refractivity contribution in [2.24, 2.45) is 0 Å². The third kappa shape index (κ3) is 6.55. The van der Waals surface area contributed by atoms with Crippen LogP contribution in [0.25, 0.3) is 0 Å². The molecule has 2 saturated heterocycles. The van der Waals surface area contributed by atoms with Crippen LogP contribution in [-0.2, 0) is 23.7 Å². The fourth-order valence-electron chi connectivity index (χ4n) is 3.80. The van der Waals surface area contributed by atoms with Crippen molar-refractivity contribution in [2.75, 3.05) is 19.8 Å². The van der Waals surface area contributed by atoms with Crippen molar-refractivity contribution in [1.82, 2.24) is 0 Å². The summed E-state index contributed by atoms with van der Waals surface area (Å²) in [6.07, 6.45) is -7.01. The maximum absolute atomic E-state index is 10.5. The predicted molar refractivity (Wildman–Crippen MR) is 104 cm³/mol. The molecule has 2 aliphatic rings. The Morgan fingerprint density at radius 1 is 0.933 bits per heavy atom. The second-order valence-corrected chi connectivity index (χ2v) is 7.98. The maximum Gasteiger partial charge on any atom is 0.186 e. The van der Waals surface area contributed by atoms with E-state index in [0.29, 0.717) is 13.0 Å². The summed E-state index contributed by atoms with van der Waals surface area (Å²) in [5.74, 6) is 0. The number of aliphatic hydroxyl groups is 5. The summed E-state index contributed by atoms with van der Waals surface area (Å²) < 4.78 is 28.3. The van der Waals surface area contributed by atoms with Crippen LogP contribution in [0, 0.1) is 0 Å². The molecule has 10 nitrogen and oxygen atoms in total. The topological polar surface area (TPSA) is 147 Å². The molecule has 10 atom stereocenters. The summed E-state index contributed by atoms with van der Waals surface area (Å²) in [4.78, 5) is 0. The van der Waals surface area contributed by atoms with E-state index in [2.05, 4.69) is 0 Å².